The quantitative estimate of drug-likeness (QED) is 0.342. The normalized spacial score (nSPS) is 44.5. The molecule has 4 saturated carbocycles. The minimum Gasteiger partial charge on any atom is -0.469 e. The molecular formula is C26H38O4. The Morgan fingerprint density at radius 2 is 1.80 bits per heavy atom. The van der Waals surface area contributed by atoms with E-state index in [2.05, 4.69) is 20.4 Å². The summed E-state index contributed by atoms with van der Waals surface area (Å²) in [5, 5.41) is 0. The fraction of sp³-hybridized carbons (Fsp3) is 0.769. The number of allylic oxidation sites excluding steroid dienone is 1. The zero-order valence-corrected chi connectivity index (χ0v) is 19.4. The van der Waals surface area contributed by atoms with Crippen molar-refractivity contribution in [2.75, 3.05) is 7.11 Å². The number of methoxy groups -OCH3 is 1. The Balaban J connectivity index is 1.71. The Labute approximate surface area is 181 Å². The third-order valence-corrected chi connectivity index (χ3v) is 9.47. The summed E-state index contributed by atoms with van der Waals surface area (Å²) in [4.78, 5) is 25.5. The Morgan fingerprint density at radius 1 is 1.07 bits per heavy atom. The van der Waals surface area contributed by atoms with E-state index in [4.69, 9.17) is 9.47 Å². The second-order valence-corrected chi connectivity index (χ2v) is 11.2. The highest BCUT2D eigenvalue weighted by molar-refractivity contribution is 5.83. The second-order valence-electron chi connectivity index (χ2n) is 11.2. The molecule has 0 saturated heterocycles. The highest BCUT2D eigenvalue weighted by atomic mass is 16.5. The number of rotatable bonds is 3. The van der Waals surface area contributed by atoms with Gasteiger partial charge in [0, 0.05) is 11.5 Å². The molecule has 0 radical (unpaired) electrons. The molecule has 0 N–H and O–H groups in total. The van der Waals surface area contributed by atoms with Gasteiger partial charge in [0.25, 0.3) is 0 Å². The van der Waals surface area contributed by atoms with Crippen LogP contribution in [0.25, 0.3) is 0 Å². The van der Waals surface area contributed by atoms with Crippen molar-refractivity contribution in [3.8, 4) is 0 Å². The summed E-state index contributed by atoms with van der Waals surface area (Å²) in [7, 11) is 1.52. The van der Waals surface area contributed by atoms with E-state index in [9.17, 15) is 9.59 Å². The molecule has 1 spiro atoms. The van der Waals surface area contributed by atoms with Crippen LogP contribution in [0.1, 0.15) is 79.1 Å². The SMILES string of the molecule is C=C1[C@@H]2CC[C@H]3[C@]4(C)CCC[C@@](C)(C(=O)OC)[C@H]4CC[C@]3(C2)[C@H]1OC(=O)C=C(C)C. The minimum absolute atomic E-state index is 0.0231. The van der Waals surface area contributed by atoms with Crippen molar-refractivity contribution < 1.29 is 19.1 Å². The third kappa shape index (κ3) is 2.92. The van der Waals surface area contributed by atoms with E-state index in [-0.39, 0.29) is 28.9 Å². The van der Waals surface area contributed by atoms with Gasteiger partial charge in [0.1, 0.15) is 6.10 Å². The highest BCUT2D eigenvalue weighted by Gasteiger charge is 2.68. The van der Waals surface area contributed by atoms with Crippen LogP contribution in [0.3, 0.4) is 0 Å². The average Bonchev–Trinajstić information content (AvgIpc) is 2.86. The van der Waals surface area contributed by atoms with Crippen molar-refractivity contribution in [3.63, 3.8) is 0 Å². The van der Waals surface area contributed by atoms with Gasteiger partial charge in [0.05, 0.1) is 12.5 Å². The number of carbonyl (C=O) groups excluding carboxylic acids is 2. The van der Waals surface area contributed by atoms with Gasteiger partial charge >= 0.3 is 11.9 Å². The smallest absolute Gasteiger partial charge is 0.331 e. The first-order valence-corrected chi connectivity index (χ1v) is 11.7. The van der Waals surface area contributed by atoms with Crippen LogP contribution in [-0.2, 0) is 19.1 Å². The molecule has 0 aliphatic heterocycles. The van der Waals surface area contributed by atoms with Crippen LogP contribution in [-0.4, -0.2) is 25.2 Å². The topological polar surface area (TPSA) is 52.6 Å². The van der Waals surface area contributed by atoms with Crippen LogP contribution in [0.4, 0.5) is 0 Å². The Hall–Kier alpha value is -1.58. The van der Waals surface area contributed by atoms with Gasteiger partial charge < -0.3 is 9.47 Å². The van der Waals surface area contributed by atoms with Gasteiger partial charge in [-0.15, -0.1) is 0 Å². The molecule has 166 valence electrons. The maximum Gasteiger partial charge on any atom is 0.331 e. The Bertz CT molecular complexity index is 793. The first-order chi connectivity index (χ1) is 14.1. The van der Waals surface area contributed by atoms with Crippen LogP contribution in [0.5, 0.6) is 0 Å². The van der Waals surface area contributed by atoms with Crippen molar-refractivity contribution in [1.29, 1.82) is 0 Å². The van der Waals surface area contributed by atoms with Gasteiger partial charge in [0.2, 0.25) is 0 Å². The van der Waals surface area contributed by atoms with Crippen molar-refractivity contribution in [2.45, 2.75) is 85.2 Å². The highest BCUT2D eigenvalue weighted by Crippen LogP contribution is 2.72. The van der Waals surface area contributed by atoms with E-state index in [1.807, 2.05) is 13.8 Å². The van der Waals surface area contributed by atoms with E-state index in [1.165, 1.54) is 7.11 Å². The summed E-state index contributed by atoms with van der Waals surface area (Å²) in [6.07, 6.45) is 9.87. The van der Waals surface area contributed by atoms with Crippen LogP contribution in [0, 0.1) is 34.0 Å². The molecule has 0 aromatic heterocycles. The molecule has 4 aliphatic carbocycles. The van der Waals surface area contributed by atoms with Gasteiger partial charge in [0.15, 0.2) is 0 Å². The zero-order chi connectivity index (χ0) is 21.9. The monoisotopic (exact) mass is 414 g/mol. The van der Waals surface area contributed by atoms with Crippen molar-refractivity contribution >= 4 is 11.9 Å². The average molecular weight is 415 g/mol. The summed E-state index contributed by atoms with van der Waals surface area (Å²) in [5.41, 5.74) is 1.71. The first-order valence-electron chi connectivity index (χ1n) is 11.7. The molecule has 0 amide bonds. The molecular weight excluding hydrogens is 376 g/mol. The maximum atomic E-state index is 12.9. The van der Waals surface area contributed by atoms with Crippen LogP contribution in [0.2, 0.25) is 0 Å². The summed E-state index contributed by atoms with van der Waals surface area (Å²) in [5.74, 6) is 0.943. The third-order valence-electron chi connectivity index (χ3n) is 9.47. The van der Waals surface area contributed by atoms with Gasteiger partial charge in [-0.1, -0.05) is 25.5 Å². The van der Waals surface area contributed by atoms with Crippen LogP contribution in [0.15, 0.2) is 23.8 Å². The number of ether oxygens (including phenoxy) is 2. The fourth-order valence-corrected chi connectivity index (χ4v) is 8.39. The molecule has 0 unspecified atom stereocenters. The molecule has 4 nitrogen and oxygen atoms in total. The zero-order valence-electron chi connectivity index (χ0n) is 19.4. The second kappa shape index (κ2) is 7.24. The molecule has 4 fully saturated rings. The Morgan fingerprint density at radius 3 is 2.47 bits per heavy atom. The maximum absolute atomic E-state index is 12.9. The van der Waals surface area contributed by atoms with Crippen molar-refractivity contribution in [3.05, 3.63) is 23.8 Å². The minimum atomic E-state index is -0.413. The molecule has 4 rings (SSSR count). The molecule has 4 heteroatoms. The number of fused-ring (bicyclic) bond motifs is 3. The predicted octanol–water partition coefficient (Wildman–Crippen LogP) is 5.62. The van der Waals surface area contributed by atoms with Gasteiger partial charge in [-0.25, -0.2) is 4.79 Å². The number of esters is 2. The number of carbonyl (C=O) groups is 2. The number of hydrogen-bond acceptors (Lipinski definition) is 4. The largest absolute Gasteiger partial charge is 0.469 e. The van der Waals surface area contributed by atoms with Crippen LogP contribution >= 0.6 is 0 Å². The van der Waals surface area contributed by atoms with E-state index in [0.717, 1.165) is 62.5 Å². The van der Waals surface area contributed by atoms with E-state index < -0.39 is 5.41 Å². The van der Waals surface area contributed by atoms with E-state index in [0.29, 0.717) is 17.8 Å². The molecule has 4 aliphatic rings. The van der Waals surface area contributed by atoms with E-state index >= 15 is 0 Å². The van der Waals surface area contributed by atoms with E-state index in [1.54, 1.807) is 6.08 Å². The number of hydrogen-bond donors (Lipinski definition) is 0. The van der Waals surface area contributed by atoms with Gasteiger partial charge in [-0.2, -0.15) is 0 Å². The molecule has 0 aromatic carbocycles. The Kier molecular flexibility index (Phi) is 5.22. The van der Waals surface area contributed by atoms with Crippen molar-refractivity contribution in [2.24, 2.45) is 34.0 Å². The fourth-order valence-electron chi connectivity index (χ4n) is 8.39. The lowest BCUT2D eigenvalue weighted by molar-refractivity contribution is -0.196. The summed E-state index contributed by atoms with van der Waals surface area (Å²) in [6.45, 7) is 12.8. The summed E-state index contributed by atoms with van der Waals surface area (Å²) in [6, 6.07) is 0. The van der Waals surface area contributed by atoms with Gasteiger partial charge in [-0.3, -0.25) is 4.79 Å². The van der Waals surface area contributed by atoms with Crippen molar-refractivity contribution in [1.82, 2.24) is 0 Å². The first kappa shape index (κ1) is 21.6. The lowest BCUT2D eigenvalue weighted by Crippen LogP contribution is -2.60. The summed E-state index contributed by atoms with van der Waals surface area (Å²) >= 11 is 0. The summed E-state index contributed by atoms with van der Waals surface area (Å²) < 4.78 is 11.4. The van der Waals surface area contributed by atoms with Crippen LogP contribution < -0.4 is 0 Å². The molecule has 0 aromatic rings. The molecule has 30 heavy (non-hydrogen) atoms. The standard InChI is InChI=1S/C26H38O4/c1-16(2)14-21(27)30-22-17(3)18-8-9-20-24(4)11-7-12-25(5,23(28)29-6)19(24)10-13-26(20,22)15-18/h14,18-20,22H,3,7-13,15H2,1-2,4-6H3/t18-,19+,20+,22+,24-,25-,26-/m1/s1. The molecule has 7 atom stereocenters. The lowest BCUT2D eigenvalue weighted by atomic mass is 9.40. The molecule has 0 heterocycles. The van der Waals surface area contributed by atoms with Gasteiger partial charge in [-0.05, 0) is 94.5 Å². The lowest BCUT2D eigenvalue weighted by Gasteiger charge is -2.64. The predicted molar refractivity (Wildman–Crippen MR) is 117 cm³/mol. The molecule has 2 bridgehead atoms.